The van der Waals surface area contributed by atoms with Crippen molar-refractivity contribution in [1.29, 1.82) is 0 Å². The summed E-state index contributed by atoms with van der Waals surface area (Å²) in [5.74, 6) is -0.373. The molecule has 5 nitrogen and oxygen atoms in total. The van der Waals surface area contributed by atoms with Crippen LogP contribution in [0, 0.1) is 13.8 Å². The summed E-state index contributed by atoms with van der Waals surface area (Å²) >= 11 is 0. The molecule has 0 atom stereocenters. The smallest absolute Gasteiger partial charge is 0.336 e. The van der Waals surface area contributed by atoms with Crippen LogP contribution in [0.25, 0.3) is 22.8 Å². The highest BCUT2D eigenvalue weighted by atomic mass is 16.5. The zero-order valence-corrected chi connectivity index (χ0v) is 12.2. The topological polar surface area (TPSA) is 76.2 Å². The molecule has 0 fully saturated rings. The summed E-state index contributed by atoms with van der Waals surface area (Å²) < 4.78 is 5.26. The van der Waals surface area contributed by atoms with E-state index in [4.69, 9.17) is 4.52 Å². The molecular weight excluding hydrogens is 280 g/mol. The predicted octanol–water partition coefficient (Wildman–Crippen LogP) is 3.72. The second kappa shape index (κ2) is 5.44. The fourth-order valence-corrected chi connectivity index (χ4v) is 2.36. The highest BCUT2D eigenvalue weighted by Crippen LogP contribution is 2.27. The molecule has 5 heteroatoms. The van der Waals surface area contributed by atoms with Gasteiger partial charge in [-0.05, 0) is 31.5 Å². The molecule has 3 rings (SSSR count). The molecule has 0 aliphatic heterocycles. The van der Waals surface area contributed by atoms with Gasteiger partial charge in [0.05, 0.1) is 11.1 Å². The summed E-state index contributed by atoms with van der Waals surface area (Å²) in [7, 11) is 0. The normalized spacial score (nSPS) is 10.6. The van der Waals surface area contributed by atoms with Crippen LogP contribution in [-0.2, 0) is 0 Å². The Morgan fingerprint density at radius 3 is 2.59 bits per heavy atom. The molecule has 1 heterocycles. The third-order valence-corrected chi connectivity index (χ3v) is 3.44. The first-order chi connectivity index (χ1) is 10.6. The van der Waals surface area contributed by atoms with Gasteiger partial charge in [0, 0.05) is 5.56 Å². The van der Waals surface area contributed by atoms with Crippen molar-refractivity contribution in [2.75, 3.05) is 0 Å². The summed E-state index contributed by atoms with van der Waals surface area (Å²) in [5, 5.41) is 13.2. The van der Waals surface area contributed by atoms with Gasteiger partial charge in [-0.3, -0.25) is 0 Å². The molecule has 0 saturated heterocycles. The first kappa shape index (κ1) is 14.0. The molecule has 22 heavy (non-hydrogen) atoms. The van der Waals surface area contributed by atoms with Crippen LogP contribution in [0.5, 0.6) is 0 Å². The van der Waals surface area contributed by atoms with Crippen LogP contribution < -0.4 is 0 Å². The van der Waals surface area contributed by atoms with Gasteiger partial charge >= 0.3 is 5.97 Å². The fourth-order valence-electron chi connectivity index (χ4n) is 2.36. The number of aryl methyl sites for hydroxylation is 2. The molecule has 2 aromatic carbocycles. The van der Waals surface area contributed by atoms with E-state index in [0.717, 1.165) is 16.7 Å². The number of carboxylic acids is 1. The zero-order valence-electron chi connectivity index (χ0n) is 12.2. The zero-order chi connectivity index (χ0) is 15.7. The number of rotatable bonds is 3. The highest BCUT2D eigenvalue weighted by molar-refractivity contribution is 5.94. The van der Waals surface area contributed by atoms with Gasteiger partial charge in [-0.1, -0.05) is 41.1 Å². The predicted molar refractivity (Wildman–Crippen MR) is 81.6 cm³/mol. The Balaban J connectivity index is 2.07. The van der Waals surface area contributed by atoms with E-state index >= 15 is 0 Å². The Labute approximate surface area is 127 Å². The SMILES string of the molecule is Cc1ccc(-c2noc(-c3ccccc3C(=O)O)n2)c(C)c1. The van der Waals surface area contributed by atoms with Gasteiger partial charge in [0.25, 0.3) is 5.89 Å². The third kappa shape index (κ3) is 2.48. The molecule has 0 radical (unpaired) electrons. The molecule has 0 spiro atoms. The van der Waals surface area contributed by atoms with Gasteiger partial charge in [-0.2, -0.15) is 4.98 Å². The van der Waals surface area contributed by atoms with Gasteiger partial charge in [0.15, 0.2) is 0 Å². The lowest BCUT2D eigenvalue weighted by Crippen LogP contribution is -1.99. The van der Waals surface area contributed by atoms with E-state index in [1.807, 2.05) is 32.0 Å². The van der Waals surface area contributed by atoms with Crippen LogP contribution in [0.15, 0.2) is 47.0 Å². The lowest BCUT2D eigenvalue weighted by atomic mass is 10.1. The van der Waals surface area contributed by atoms with Crippen LogP contribution in [0.2, 0.25) is 0 Å². The Kier molecular flexibility index (Phi) is 3.47. The van der Waals surface area contributed by atoms with Crippen LogP contribution in [0.3, 0.4) is 0 Å². The van der Waals surface area contributed by atoms with Crippen LogP contribution in [-0.4, -0.2) is 21.2 Å². The van der Waals surface area contributed by atoms with E-state index in [2.05, 4.69) is 10.1 Å². The van der Waals surface area contributed by atoms with Crippen molar-refractivity contribution >= 4 is 5.97 Å². The molecule has 1 N–H and O–H groups in total. The minimum absolute atomic E-state index is 0.137. The summed E-state index contributed by atoms with van der Waals surface area (Å²) in [6.45, 7) is 3.99. The van der Waals surface area contributed by atoms with Crippen molar-refractivity contribution in [1.82, 2.24) is 10.1 Å². The third-order valence-electron chi connectivity index (χ3n) is 3.44. The largest absolute Gasteiger partial charge is 0.478 e. The van der Waals surface area contributed by atoms with Gasteiger partial charge < -0.3 is 9.63 Å². The number of hydrogen-bond acceptors (Lipinski definition) is 4. The van der Waals surface area contributed by atoms with Gasteiger partial charge in [-0.15, -0.1) is 0 Å². The average Bonchev–Trinajstić information content (AvgIpc) is 2.96. The number of hydrogen-bond donors (Lipinski definition) is 1. The lowest BCUT2D eigenvalue weighted by molar-refractivity contribution is 0.0697. The highest BCUT2D eigenvalue weighted by Gasteiger charge is 2.17. The molecule has 0 bridgehead atoms. The van der Waals surface area contributed by atoms with Crippen LogP contribution >= 0.6 is 0 Å². The van der Waals surface area contributed by atoms with Gasteiger partial charge in [0.2, 0.25) is 5.82 Å². The molecule has 0 aliphatic rings. The number of nitrogens with zero attached hydrogens (tertiary/aromatic N) is 2. The van der Waals surface area contributed by atoms with Crippen molar-refractivity contribution in [3.8, 4) is 22.8 Å². The second-order valence-corrected chi connectivity index (χ2v) is 5.09. The van der Waals surface area contributed by atoms with Gasteiger partial charge in [0.1, 0.15) is 0 Å². The van der Waals surface area contributed by atoms with E-state index < -0.39 is 5.97 Å². The summed E-state index contributed by atoms with van der Waals surface area (Å²) in [6, 6.07) is 12.5. The molecule has 3 aromatic rings. The first-order valence-electron chi connectivity index (χ1n) is 6.80. The van der Waals surface area contributed by atoms with Crippen molar-refractivity contribution in [3.63, 3.8) is 0 Å². The van der Waals surface area contributed by atoms with E-state index in [9.17, 15) is 9.90 Å². The summed E-state index contributed by atoms with van der Waals surface area (Å²) in [6.07, 6.45) is 0. The van der Waals surface area contributed by atoms with Crippen molar-refractivity contribution < 1.29 is 14.4 Å². The average molecular weight is 294 g/mol. The molecule has 0 saturated carbocycles. The number of aromatic nitrogens is 2. The minimum atomic E-state index is -1.03. The van der Waals surface area contributed by atoms with Crippen LogP contribution in [0.4, 0.5) is 0 Å². The maximum atomic E-state index is 11.3. The summed E-state index contributed by atoms with van der Waals surface area (Å²) in [5.41, 5.74) is 3.62. The maximum Gasteiger partial charge on any atom is 0.336 e. The van der Waals surface area contributed by atoms with E-state index in [0.29, 0.717) is 11.4 Å². The number of carbonyl (C=O) groups is 1. The first-order valence-corrected chi connectivity index (χ1v) is 6.80. The standard InChI is InChI=1S/C17H14N2O3/c1-10-7-8-12(11(2)9-10)15-18-16(22-19-15)13-5-3-4-6-14(13)17(20)21/h3-9H,1-2H3,(H,20,21). The van der Waals surface area contributed by atoms with E-state index in [1.54, 1.807) is 18.2 Å². The molecule has 1 aromatic heterocycles. The molecular formula is C17H14N2O3. The van der Waals surface area contributed by atoms with Crippen molar-refractivity contribution in [3.05, 3.63) is 59.2 Å². The Hall–Kier alpha value is -2.95. The van der Waals surface area contributed by atoms with Gasteiger partial charge in [-0.25, -0.2) is 4.79 Å². The lowest BCUT2D eigenvalue weighted by Gasteiger charge is -2.01. The molecule has 0 amide bonds. The Bertz CT molecular complexity index is 853. The molecule has 0 aliphatic carbocycles. The second-order valence-electron chi connectivity index (χ2n) is 5.09. The Morgan fingerprint density at radius 2 is 1.86 bits per heavy atom. The minimum Gasteiger partial charge on any atom is -0.478 e. The quantitative estimate of drug-likeness (QED) is 0.796. The number of benzene rings is 2. The maximum absolute atomic E-state index is 11.3. The van der Waals surface area contributed by atoms with Crippen molar-refractivity contribution in [2.45, 2.75) is 13.8 Å². The van der Waals surface area contributed by atoms with Crippen LogP contribution in [0.1, 0.15) is 21.5 Å². The molecule has 0 unspecified atom stereocenters. The molecule has 110 valence electrons. The van der Waals surface area contributed by atoms with Crippen molar-refractivity contribution in [2.24, 2.45) is 0 Å². The number of carboxylic acid groups (broad SMARTS) is 1. The van der Waals surface area contributed by atoms with E-state index in [-0.39, 0.29) is 11.5 Å². The van der Waals surface area contributed by atoms with E-state index in [1.165, 1.54) is 6.07 Å². The monoisotopic (exact) mass is 294 g/mol. The number of aromatic carboxylic acids is 1. The Morgan fingerprint density at radius 1 is 1.09 bits per heavy atom. The summed E-state index contributed by atoms with van der Waals surface area (Å²) in [4.78, 5) is 15.6. The fraction of sp³-hybridized carbons (Fsp3) is 0.118.